The third kappa shape index (κ3) is 4.30. The second kappa shape index (κ2) is 8.39. The van der Waals surface area contributed by atoms with Crippen LogP contribution < -0.4 is 0 Å². The molecule has 1 aromatic heterocycles. The Morgan fingerprint density at radius 2 is 2.03 bits per heavy atom. The van der Waals surface area contributed by atoms with E-state index in [1.807, 2.05) is 17.0 Å². The molecule has 0 aliphatic carbocycles. The van der Waals surface area contributed by atoms with E-state index in [0.29, 0.717) is 30.4 Å². The van der Waals surface area contributed by atoms with Gasteiger partial charge in [0.15, 0.2) is 0 Å². The van der Waals surface area contributed by atoms with Crippen LogP contribution in [0.1, 0.15) is 49.7 Å². The molecular weight excluding hydrogens is 365 g/mol. The summed E-state index contributed by atoms with van der Waals surface area (Å²) >= 11 is 0. The summed E-state index contributed by atoms with van der Waals surface area (Å²) < 4.78 is 14.6. The number of aryl methyl sites for hydroxylation is 1. The van der Waals surface area contributed by atoms with Crippen molar-refractivity contribution in [1.82, 2.24) is 14.8 Å². The molecule has 0 bridgehead atoms. The van der Waals surface area contributed by atoms with Gasteiger partial charge in [-0.3, -0.25) is 9.78 Å². The van der Waals surface area contributed by atoms with E-state index in [1.54, 1.807) is 19.2 Å². The molecule has 2 saturated heterocycles. The smallest absolute Gasteiger partial charge is 0.222 e. The van der Waals surface area contributed by atoms with E-state index in [1.165, 1.54) is 0 Å². The maximum absolute atomic E-state index is 14.6. The number of rotatable bonds is 3. The number of fused-ring (bicyclic) bond motifs is 1. The first kappa shape index (κ1) is 20.3. The van der Waals surface area contributed by atoms with Crippen molar-refractivity contribution >= 4 is 16.8 Å². The molecule has 2 aromatic rings. The lowest BCUT2D eigenvalue weighted by Crippen LogP contribution is -2.43. The van der Waals surface area contributed by atoms with Crippen molar-refractivity contribution in [2.24, 2.45) is 11.8 Å². The molecule has 5 heteroatoms. The summed E-state index contributed by atoms with van der Waals surface area (Å²) in [5.41, 5.74) is 2.34. The molecule has 4 rings (SSSR count). The first-order valence-electron chi connectivity index (χ1n) is 10.9. The average Bonchev–Trinajstić information content (AvgIpc) is 2.72. The number of nitrogens with zero attached hydrogens (tertiary/aromatic N) is 3. The molecule has 0 saturated carbocycles. The van der Waals surface area contributed by atoms with E-state index in [2.05, 4.69) is 23.9 Å². The van der Waals surface area contributed by atoms with Gasteiger partial charge in [-0.15, -0.1) is 0 Å². The highest BCUT2D eigenvalue weighted by molar-refractivity contribution is 5.86. The Morgan fingerprint density at radius 1 is 1.28 bits per heavy atom. The molecule has 156 valence electrons. The molecule has 4 nitrogen and oxygen atoms in total. The Hall–Kier alpha value is -2.01. The molecule has 0 unspecified atom stereocenters. The van der Waals surface area contributed by atoms with Crippen LogP contribution in [0.5, 0.6) is 0 Å². The fraction of sp³-hybridized carbons (Fsp3) is 0.583. The molecule has 2 fully saturated rings. The third-order valence-electron chi connectivity index (χ3n) is 6.87. The van der Waals surface area contributed by atoms with Gasteiger partial charge in [0, 0.05) is 42.6 Å². The maximum atomic E-state index is 14.6. The maximum Gasteiger partial charge on any atom is 0.222 e. The van der Waals surface area contributed by atoms with Crippen LogP contribution in [0.15, 0.2) is 24.4 Å². The average molecular weight is 398 g/mol. The lowest BCUT2D eigenvalue weighted by atomic mass is 9.82. The van der Waals surface area contributed by atoms with Crippen LogP contribution in [-0.4, -0.2) is 53.9 Å². The second-order valence-electron chi connectivity index (χ2n) is 9.26. The molecule has 2 atom stereocenters. The van der Waals surface area contributed by atoms with Gasteiger partial charge < -0.3 is 9.80 Å². The zero-order valence-corrected chi connectivity index (χ0v) is 17.8. The van der Waals surface area contributed by atoms with Gasteiger partial charge in [-0.1, -0.05) is 13.0 Å². The van der Waals surface area contributed by atoms with Gasteiger partial charge >= 0.3 is 0 Å². The third-order valence-corrected chi connectivity index (χ3v) is 6.87. The zero-order valence-electron chi connectivity index (χ0n) is 17.8. The van der Waals surface area contributed by atoms with Crippen LogP contribution in [0.3, 0.4) is 0 Å². The number of carbonyl (C=O) groups excluding carboxylic acids is 1. The van der Waals surface area contributed by atoms with Crippen molar-refractivity contribution < 1.29 is 9.18 Å². The number of likely N-dealkylation sites (tertiary alicyclic amines) is 2. The van der Waals surface area contributed by atoms with Gasteiger partial charge in [-0.05, 0) is 75.9 Å². The molecule has 0 N–H and O–H groups in total. The van der Waals surface area contributed by atoms with Crippen LogP contribution in [-0.2, 0) is 4.79 Å². The number of halogens is 1. The van der Waals surface area contributed by atoms with Crippen molar-refractivity contribution in [3.63, 3.8) is 0 Å². The van der Waals surface area contributed by atoms with Crippen LogP contribution in [0.25, 0.3) is 10.9 Å². The van der Waals surface area contributed by atoms with E-state index in [4.69, 9.17) is 0 Å². The highest BCUT2D eigenvalue weighted by Gasteiger charge is 2.31. The van der Waals surface area contributed by atoms with E-state index >= 15 is 0 Å². The second-order valence-corrected chi connectivity index (χ2v) is 9.26. The normalized spacial score (nSPS) is 24.2. The number of amides is 1. The molecule has 2 aliphatic rings. The van der Waals surface area contributed by atoms with Crippen molar-refractivity contribution in [2.45, 2.75) is 45.4 Å². The van der Waals surface area contributed by atoms with Gasteiger partial charge in [0.2, 0.25) is 5.91 Å². The van der Waals surface area contributed by atoms with E-state index in [-0.39, 0.29) is 17.6 Å². The molecule has 0 radical (unpaired) electrons. The van der Waals surface area contributed by atoms with Crippen molar-refractivity contribution in [3.8, 4) is 0 Å². The number of benzene rings is 1. The Bertz CT molecular complexity index is 891. The zero-order chi connectivity index (χ0) is 20.5. The summed E-state index contributed by atoms with van der Waals surface area (Å²) in [4.78, 5) is 21.9. The molecule has 1 aromatic carbocycles. The predicted octanol–water partition coefficient (Wildman–Crippen LogP) is 4.37. The van der Waals surface area contributed by atoms with Crippen LogP contribution >= 0.6 is 0 Å². The van der Waals surface area contributed by atoms with Crippen LogP contribution in [0, 0.1) is 24.6 Å². The van der Waals surface area contributed by atoms with Crippen molar-refractivity contribution in [2.75, 3.05) is 33.2 Å². The summed E-state index contributed by atoms with van der Waals surface area (Å²) in [6, 6.07) is 5.63. The minimum atomic E-state index is -0.200. The summed E-state index contributed by atoms with van der Waals surface area (Å²) in [5, 5.41) is 1.02. The largest absolute Gasteiger partial charge is 0.342 e. The fourth-order valence-corrected chi connectivity index (χ4v) is 5.13. The number of hydrogen-bond donors (Lipinski definition) is 0. The quantitative estimate of drug-likeness (QED) is 0.772. The fourth-order valence-electron chi connectivity index (χ4n) is 5.13. The predicted molar refractivity (Wildman–Crippen MR) is 114 cm³/mol. The van der Waals surface area contributed by atoms with Crippen LogP contribution in [0.2, 0.25) is 0 Å². The number of piperidine rings is 2. The van der Waals surface area contributed by atoms with Crippen molar-refractivity contribution in [1.29, 1.82) is 0 Å². The SMILES string of the molecule is Cc1c(F)cc([C@H]2C[C@@H](C)CN(C(=O)CC3CCN(C)CC3)C2)c2cccnc12. The number of aromatic nitrogens is 1. The number of carbonyl (C=O) groups is 1. The van der Waals surface area contributed by atoms with E-state index in [0.717, 1.165) is 55.4 Å². The molecule has 0 spiro atoms. The number of pyridine rings is 1. The topological polar surface area (TPSA) is 36.4 Å². The lowest BCUT2D eigenvalue weighted by molar-refractivity contribution is -0.134. The lowest BCUT2D eigenvalue weighted by Gasteiger charge is -2.38. The summed E-state index contributed by atoms with van der Waals surface area (Å²) in [5.74, 6) is 1.13. The minimum Gasteiger partial charge on any atom is -0.342 e. The summed E-state index contributed by atoms with van der Waals surface area (Å²) in [6.45, 7) is 7.65. The first-order valence-corrected chi connectivity index (χ1v) is 10.9. The standard InChI is InChI=1S/C24H32FN3O/c1-16-11-19(21-13-22(25)17(2)24-20(21)5-4-8-26-24)15-28(14-16)23(29)12-18-6-9-27(3)10-7-18/h4-5,8,13,16,18-19H,6-7,9-12,14-15H2,1-3H3/t16-,19+/m1/s1. The van der Waals surface area contributed by atoms with Crippen LogP contribution in [0.4, 0.5) is 4.39 Å². The van der Waals surface area contributed by atoms with Gasteiger partial charge in [0.1, 0.15) is 5.82 Å². The Morgan fingerprint density at radius 3 is 2.79 bits per heavy atom. The van der Waals surface area contributed by atoms with E-state index < -0.39 is 0 Å². The van der Waals surface area contributed by atoms with Gasteiger partial charge in [0.05, 0.1) is 5.52 Å². The molecule has 3 heterocycles. The highest BCUT2D eigenvalue weighted by Crippen LogP contribution is 2.36. The minimum absolute atomic E-state index is 0.155. The number of hydrogen-bond acceptors (Lipinski definition) is 3. The molecule has 2 aliphatic heterocycles. The van der Waals surface area contributed by atoms with Gasteiger partial charge in [-0.25, -0.2) is 4.39 Å². The summed E-state index contributed by atoms with van der Waals surface area (Å²) in [7, 11) is 2.15. The Labute approximate surface area is 173 Å². The summed E-state index contributed by atoms with van der Waals surface area (Å²) in [6.07, 6.45) is 5.56. The van der Waals surface area contributed by atoms with E-state index in [9.17, 15) is 9.18 Å². The molecular formula is C24H32FN3O. The van der Waals surface area contributed by atoms with Gasteiger partial charge in [0.25, 0.3) is 0 Å². The van der Waals surface area contributed by atoms with Gasteiger partial charge in [-0.2, -0.15) is 0 Å². The molecule has 1 amide bonds. The Balaban J connectivity index is 1.54. The molecule has 29 heavy (non-hydrogen) atoms. The Kier molecular flexibility index (Phi) is 5.86. The highest BCUT2D eigenvalue weighted by atomic mass is 19.1. The first-order chi connectivity index (χ1) is 13.9. The monoisotopic (exact) mass is 397 g/mol. The van der Waals surface area contributed by atoms with Crippen molar-refractivity contribution in [3.05, 3.63) is 41.3 Å².